The first-order valence-corrected chi connectivity index (χ1v) is 6.92. The number of rotatable bonds is 3. The first-order valence-electron chi connectivity index (χ1n) is 6.92. The van der Waals surface area contributed by atoms with Gasteiger partial charge in [-0.05, 0) is 44.0 Å². The maximum absolute atomic E-state index is 9.03. The van der Waals surface area contributed by atoms with Gasteiger partial charge in [0.15, 0.2) is 0 Å². The van der Waals surface area contributed by atoms with Gasteiger partial charge in [-0.25, -0.2) is 4.98 Å². The fraction of sp³-hybridized carbons (Fsp3) is 0.250. The third kappa shape index (κ3) is 2.36. The van der Waals surface area contributed by atoms with Gasteiger partial charge in [-0.15, -0.1) is 0 Å². The van der Waals surface area contributed by atoms with Crippen LogP contribution in [0.15, 0.2) is 36.2 Å². The van der Waals surface area contributed by atoms with Crippen LogP contribution < -0.4 is 11.5 Å². The van der Waals surface area contributed by atoms with E-state index in [1.807, 2.05) is 31.2 Å². The molecule has 0 aliphatic heterocycles. The molecule has 1 aromatic heterocycles. The Morgan fingerprint density at radius 3 is 2.81 bits per heavy atom. The third-order valence-corrected chi connectivity index (χ3v) is 3.55. The maximum Gasteiger partial charge on any atom is 0.142 e. The highest BCUT2D eigenvalue weighted by Gasteiger charge is 2.29. The van der Waals surface area contributed by atoms with Crippen molar-refractivity contribution < 1.29 is 0 Å². The summed E-state index contributed by atoms with van der Waals surface area (Å²) in [5, 5.41) is 9.03. The first kappa shape index (κ1) is 13.3. The molecule has 1 saturated carbocycles. The van der Waals surface area contributed by atoms with Crippen molar-refractivity contribution in [2.75, 3.05) is 0 Å². The van der Waals surface area contributed by atoms with E-state index < -0.39 is 0 Å². The van der Waals surface area contributed by atoms with Crippen molar-refractivity contribution in [1.29, 1.82) is 5.26 Å². The number of benzene rings is 1. The van der Waals surface area contributed by atoms with Crippen LogP contribution in [-0.4, -0.2) is 9.55 Å². The molecule has 5 heteroatoms. The average Bonchev–Trinajstić information content (AvgIpc) is 3.24. The minimum atomic E-state index is 0.458. The van der Waals surface area contributed by atoms with E-state index in [0.717, 1.165) is 35.3 Å². The number of fused-ring (bicyclic) bond motifs is 1. The predicted octanol–water partition coefficient (Wildman–Crippen LogP) is 2.40. The van der Waals surface area contributed by atoms with Crippen LogP contribution in [0, 0.1) is 11.3 Å². The number of hydrogen-bond donors (Lipinski definition) is 2. The Balaban J connectivity index is 2.24. The highest BCUT2D eigenvalue weighted by atomic mass is 15.1. The molecule has 1 aromatic carbocycles. The Morgan fingerprint density at radius 1 is 1.48 bits per heavy atom. The van der Waals surface area contributed by atoms with Gasteiger partial charge in [0, 0.05) is 23.5 Å². The molecule has 106 valence electrons. The number of nitriles is 1. The topological polar surface area (TPSA) is 93.7 Å². The van der Waals surface area contributed by atoms with E-state index in [4.69, 9.17) is 16.7 Å². The summed E-state index contributed by atoms with van der Waals surface area (Å²) >= 11 is 0. The zero-order valence-electron chi connectivity index (χ0n) is 11.9. The fourth-order valence-corrected chi connectivity index (χ4v) is 2.51. The summed E-state index contributed by atoms with van der Waals surface area (Å²) in [6.07, 6.45) is 5.64. The fourth-order valence-electron chi connectivity index (χ4n) is 2.51. The molecule has 1 aliphatic rings. The molecule has 0 bridgehead atoms. The van der Waals surface area contributed by atoms with Crippen LogP contribution in [0.5, 0.6) is 0 Å². The van der Waals surface area contributed by atoms with Gasteiger partial charge >= 0.3 is 0 Å². The van der Waals surface area contributed by atoms with Crippen LogP contribution in [0.25, 0.3) is 16.6 Å². The van der Waals surface area contributed by atoms with E-state index in [1.54, 1.807) is 0 Å². The maximum atomic E-state index is 9.03. The summed E-state index contributed by atoms with van der Waals surface area (Å²) in [4.78, 5) is 4.67. The SMILES string of the molecule is C/C(N)=C/C(=C\N)c1nc2cc(C#N)ccc2n1C1CC1. The molecule has 1 aliphatic carbocycles. The molecule has 0 unspecified atom stereocenters. The van der Waals surface area contributed by atoms with Crippen LogP contribution >= 0.6 is 0 Å². The lowest BCUT2D eigenvalue weighted by atomic mass is 10.2. The Bertz CT molecular complexity index is 796. The van der Waals surface area contributed by atoms with Crippen LogP contribution in [-0.2, 0) is 0 Å². The van der Waals surface area contributed by atoms with Crippen molar-refractivity contribution in [2.45, 2.75) is 25.8 Å². The van der Waals surface area contributed by atoms with Crippen LogP contribution in [0.1, 0.15) is 37.2 Å². The van der Waals surface area contributed by atoms with E-state index >= 15 is 0 Å². The van der Waals surface area contributed by atoms with Gasteiger partial charge in [-0.3, -0.25) is 0 Å². The lowest BCUT2D eigenvalue weighted by Crippen LogP contribution is -2.03. The Morgan fingerprint density at radius 2 is 2.24 bits per heavy atom. The third-order valence-electron chi connectivity index (χ3n) is 3.55. The van der Waals surface area contributed by atoms with Gasteiger partial charge < -0.3 is 16.0 Å². The molecule has 21 heavy (non-hydrogen) atoms. The van der Waals surface area contributed by atoms with Gasteiger partial charge in [-0.1, -0.05) is 0 Å². The molecular formula is C16H17N5. The van der Waals surface area contributed by atoms with Crippen LogP contribution in [0.4, 0.5) is 0 Å². The Kier molecular flexibility index (Phi) is 3.15. The van der Waals surface area contributed by atoms with E-state index in [2.05, 4.69) is 15.6 Å². The monoisotopic (exact) mass is 279 g/mol. The molecule has 1 fully saturated rings. The number of nitrogens with two attached hydrogens (primary N) is 2. The molecule has 0 saturated heterocycles. The zero-order valence-corrected chi connectivity index (χ0v) is 11.9. The van der Waals surface area contributed by atoms with Crippen molar-refractivity contribution in [1.82, 2.24) is 9.55 Å². The molecular weight excluding hydrogens is 262 g/mol. The van der Waals surface area contributed by atoms with Gasteiger partial charge in [0.25, 0.3) is 0 Å². The quantitative estimate of drug-likeness (QED) is 0.843. The molecule has 0 atom stereocenters. The first-order chi connectivity index (χ1) is 10.1. The summed E-state index contributed by atoms with van der Waals surface area (Å²) in [6, 6.07) is 8.19. The second kappa shape index (κ2) is 4.98. The number of nitrogens with zero attached hydrogens (tertiary/aromatic N) is 3. The van der Waals surface area contributed by atoms with Crippen molar-refractivity contribution in [3.63, 3.8) is 0 Å². The largest absolute Gasteiger partial charge is 0.404 e. The number of hydrogen-bond acceptors (Lipinski definition) is 4. The smallest absolute Gasteiger partial charge is 0.142 e. The lowest BCUT2D eigenvalue weighted by molar-refractivity contribution is 0.753. The van der Waals surface area contributed by atoms with E-state index in [1.165, 1.54) is 6.20 Å². The minimum absolute atomic E-state index is 0.458. The van der Waals surface area contributed by atoms with Gasteiger partial charge in [-0.2, -0.15) is 5.26 Å². The van der Waals surface area contributed by atoms with Crippen molar-refractivity contribution in [3.05, 3.63) is 47.6 Å². The molecule has 3 rings (SSSR count). The van der Waals surface area contributed by atoms with Crippen LogP contribution in [0.3, 0.4) is 0 Å². The minimum Gasteiger partial charge on any atom is -0.404 e. The number of imidazole rings is 1. The second-order valence-corrected chi connectivity index (χ2v) is 5.36. The molecule has 0 radical (unpaired) electrons. The van der Waals surface area contributed by atoms with E-state index in [9.17, 15) is 0 Å². The summed E-state index contributed by atoms with van der Waals surface area (Å²) in [5.41, 5.74) is 15.5. The normalized spacial score (nSPS) is 16.2. The van der Waals surface area contributed by atoms with Gasteiger partial charge in [0.2, 0.25) is 0 Å². The van der Waals surface area contributed by atoms with Crippen molar-refractivity contribution in [2.24, 2.45) is 11.5 Å². The Labute approximate surface area is 123 Å². The molecule has 0 amide bonds. The van der Waals surface area contributed by atoms with Crippen molar-refractivity contribution in [3.8, 4) is 6.07 Å². The molecule has 1 heterocycles. The lowest BCUT2D eigenvalue weighted by Gasteiger charge is -2.08. The summed E-state index contributed by atoms with van der Waals surface area (Å²) in [6.45, 7) is 1.82. The van der Waals surface area contributed by atoms with Crippen LogP contribution in [0.2, 0.25) is 0 Å². The zero-order chi connectivity index (χ0) is 15.0. The standard InChI is InChI=1S/C16H17N5/c1-10(19)6-12(9-18)16-20-14-7-11(8-17)2-5-15(14)21(16)13-3-4-13/h2,5-7,9,13H,3-4,18-19H2,1H3/b10-6-,12-9+. The molecule has 0 spiro atoms. The van der Waals surface area contributed by atoms with Gasteiger partial charge in [0.1, 0.15) is 5.82 Å². The molecule has 4 N–H and O–H groups in total. The highest BCUT2D eigenvalue weighted by molar-refractivity contribution is 5.83. The van der Waals surface area contributed by atoms with E-state index in [0.29, 0.717) is 17.3 Å². The van der Waals surface area contributed by atoms with Crippen molar-refractivity contribution >= 4 is 16.6 Å². The highest BCUT2D eigenvalue weighted by Crippen LogP contribution is 2.40. The summed E-state index contributed by atoms with van der Waals surface area (Å²) in [7, 11) is 0. The average molecular weight is 279 g/mol. The number of aromatic nitrogens is 2. The second-order valence-electron chi connectivity index (χ2n) is 5.36. The Hall–Kier alpha value is -2.74. The summed E-state index contributed by atoms with van der Waals surface area (Å²) < 4.78 is 2.20. The summed E-state index contributed by atoms with van der Waals surface area (Å²) in [5.74, 6) is 0.815. The number of allylic oxidation sites excluding steroid dienone is 3. The molecule has 2 aromatic rings. The predicted molar refractivity (Wildman–Crippen MR) is 82.8 cm³/mol. The van der Waals surface area contributed by atoms with E-state index in [-0.39, 0.29) is 0 Å². The molecule has 5 nitrogen and oxygen atoms in total. The van der Waals surface area contributed by atoms with Gasteiger partial charge in [0.05, 0.1) is 22.7 Å².